The highest BCUT2D eigenvalue weighted by Crippen LogP contribution is 2.31. The summed E-state index contributed by atoms with van der Waals surface area (Å²) in [5.74, 6) is 3.50. The van der Waals surface area contributed by atoms with Gasteiger partial charge >= 0.3 is 0 Å². The maximum absolute atomic E-state index is 5.98. The lowest BCUT2D eigenvalue weighted by Crippen LogP contribution is -1.97. The zero-order chi connectivity index (χ0) is 15.2. The summed E-state index contributed by atoms with van der Waals surface area (Å²) in [6.45, 7) is 0.517. The molecule has 1 aromatic heterocycles. The number of para-hydroxylation sites is 1. The number of nitrogens with zero attached hydrogens (tertiary/aromatic N) is 1. The van der Waals surface area contributed by atoms with Crippen molar-refractivity contribution in [3.05, 3.63) is 84.2 Å². The summed E-state index contributed by atoms with van der Waals surface area (Å²) >= 11 is 0. The number of rotatable bonds is 4. The third-order valence-corrected chi connectivity index (χ3v) is 3.39. The molecule has 0 spiro atoms. The van der Waals surface area contributed by atoms with Crippen molar-refractivity contribution in [2.24, 2.45) is 0 Å². The normalized spacial score (nSPS) is 9.95. The van der Waals surface area contributed by atoms with Crippen LogP contribution in [0.3, 0.4) is 0 Å². The van der Waals surface area contributed by atoms with Gasteiger partial charge in [-0.15, -0.1) is 6.42 Å². The summed E-state index contributed by atoms with van der Waals surface area (Å²) in [5, 5.41) is 0. The van der Waals surface area contributed by atoms with E-state index in [0.717, 1.165) is 28.0 Å². The summed E-state index contributed by atoms with van der Waals surface area (Å²) < 4.78 is 5.98. The van der Waals surface area contributed by atoms with E-state index in [0.29, 0.717) is 6.61 Å². The van der Waals surface area contributed by atoms with Crippen LogP contribution in [0.25, 0.3) is 11.1 Å². The molecule has 2 aromatic carbocycles. The predicted molar refractivity (Wildman–Crippen MR) is 88.4 cm³/mol. The zero-order valence-corrected chi connectivity index (χ0v) is 12.1. The molecule has 0 aliphatic rings. The van der Waals surface area contributed by atoms with E-state index in [1.165, 1.54) is 0 Å². The molecule has 106 valence electrons. The number of terminal acetylenes is 1. The fourth-order valence-corrected chi connectivity index (χ4v) is 2.29. The second-order valence-corrected chi connectivity index (χ2v) is 4.84. The number of benzene rings is 2. The largest absolute Gasteiger partial charge is 0.488 e. The summed E-state index contributed by atoms with van der Waals surface area (Å²) in [4.78, 5) is 4.18. The van der Waals surface area contributed by atoms with Crippen molar-refractivity contribution >= 4 is 0 Å². The Balaban J connectivity index is 1.92. The molecule has 3 aromatic rings. The molecular formula is C20H15NO. The average molecular weight is 285 g/mol. The van der Waals surface area contributed by atoms with Crippen LogP contribution in [-0.4, -0.2) is 4.98 Å². The highest BCUT2D eigenvalue weighted by atomic mass is 16.5. The van der Waals surface area contributed by atoms with Crippen LogP contribution in [0.15, 0.2) is 73.1 Å². The minimum absolute atomic E-state index is 0.517. The van der Waals surface area contributed by atoms with E-state index in [1.807, 2.05) is 60.7 Å². The summed E-state index contributed by atoms with van der Waals surface area (Å²) in [6.07, 6.45) is 9.06. The van der Waals surface area contributed by atoms with Gasteiger partial charge in [-0.3, -0.25) is 4.98 Å². The van der Waals surface area contributed by atoms with E-state index >= 15 is 0 Å². The highest BCUT2D eigenvalue weighted by molar-refractivity contribution is 5.75. The topological polar surface area (TPSA) is 22.1 Å². The number of ether oxygens (including phenoxy) is 1. The second kappa shape index (κ2) is 6.60. The first-order chi connectivity index (χ1) is 10.9. The molecule has 1 heterocycles. The van der Waals surface area contributed by atoms with Crippen molar-refractivity contribution in [3.63, 3.8) is 0 Å². The SMILES string of the molecule is C#Cc1ccncc1-c1ccccc1OCc1ccccc1. The van der Waals surface area contributed by atoms with Crippen molar-refractivity contribution < 1.29 is 4.74 Å². The van der Waals surface area contributed by atoms with Gasteiger partial charge in [0.15, 0.2) is 0 Å². The van der Waals surface area contributed by atoms with Crippen molar-refractivity contribution in [2.45, 2.75) is 6.61 Å². The molecule has 0 atom stereocenters. The van der Waals surface area contributed by atoms with E-state index in [1.54, 1.807) is 12.4 Å². The molecule has 0 saturated carbocycles. The van der Waals surface area contributed by atoms with Crippen LogP contribution in [0, 0.1) is 12.3 Å². The van der Waals surface area contributed by atoms with Gasteiger partial charge in [0.2, 0.25) is 0 Å². The van der Waals surface area contributed by atoms with Crippen LogP contribution >= 0.6 is 0 Å². The maximum Gasteiger partial charge on any atom is 0.127 e. The van der Waals surface area contributed by atoms with Crippen molar-refractivity contribution in [2.75, 3.05) is 0 Å². The van der Waals surface area contributed by atoms with E-state index in [2.05, 4.69) is 10.9 Å². The molecule has 0 unspecified atom stereocenters. The van der Waals surface area contributed by atoms with Crippen molar-refractivity contribution in [1.29, 1.82) is 0 Å². The Hall–Kier alpha value is -3.05. The van der Waals surface area contributed by atoms with Gasteiger partial charge in [0, 0.05) is 29.1 Å². The molecule has 0 saturated heterocycles. The summed E-state index contributed by atoms with van der Waals surface area (Å²) in [6, 6.07) is 19.8. The second-order valence-electron chi connectivity index (χ2n) is 4.84. The Morgan fingerprint density at radius 1 is 0.909 bits per heavy atom. The number of hydrogen-bond donors (Lipinski definition) is 0. The first kappa shape index (κ1) is 13.9. The molecule has 22 heavy (non-hydrogen) atoms. The van der Waals surface area contributed by atoms with Crippen molar-refractivity contribution in [1.82, 2.24) is 4.98 Å². The molecule has 0 radical (unpaired) electrons. The maximum atomic E-state index is 5.98. The van der Waals surface area contributed by atoms with E-state index in [-0.39, 0.29) is 0 Å². The van der Waals surface area contributed by atoms with Gasteiger partial charge in [-0.05, 0) is 17.7 Å². The molecule has 0 fully saturated rings. The number of aromatic nitrogens is 1. The Morgan fingerprint density at radius 3 is 2.50 bits per heavy atom. The minimum Gasteiger partial charge on any atom is -0.488 e. The van der Waals surface area contributed by atoms with Gasteiger partial charge in [-0.25, -0.2) is 0 Å². The molecule has 0 N–H and O–H groups in total. The first-order valence-corrected chi connectivity index (χ1v) is 7.05. The lowest BCUT2D eigenvalue weighted by atomic mass is 10.0. The minimum atomic E-state index is 0.517. The van der Waals surface area contributed by atoms with Gasteiger partial charge in [0.05, 0.1) is 0 Å². The quantitative estimate of drug-likeness (QED) is 0.666. The first-order valence-electron chi connectivity index (χ1n) is 7.05. The van der Waals surface area contributed by atoms with Crippen LogP contribution in [0.2, 0.25) is 0 Å². The van der Waals surface area contributed by atoms with E-state index in [4.69, 9.17) is 11.2 Å². The lowest BCUT2D eigenvalue weighted by Gasteiger charge is -2.12. The molecule has 0 amide bonds. The van der Waals surface area contributed by atoms with Crippen LogP contribution in [0.1, 0.15) is 11.1 Å². The molecule has 0 aliphatic carbocycles. The Labute approximate surface area is 130 Å². The Bertz CT molecular complexity index is 803. The lowest BCUT2D eigenvalue weighted by molar-refractivity contribution is 0.307. The fraction of sp³-hybridized carbons (Fsp3) is 0.0500. The van der Waals surface area contributed by atoms with Crippen LogP contribution in [0.4, 0.5) is 0 Å². The summed E-state index contributed by atoms with van der Waals surface area (Å²) in [5.41, 5.74) is 3.81. The van der Waals surface area contributed by atoms with E-state index in [9.17, 15) is 0 Å². The molecular weight excluding hydrogens is 270 g/mol. The molecule has 2 nitrogen and oxygen atoms in total. The molecule has 3 rings (SSSR count). The smallest absolute Gasteiger partial charge is 0.127 e. The Morgan fingerprint density at radius 2 is 1.68 bits per heavy atom. The van der Waals surface area contributed by atoms with Gasteiger partial charge < -0.3 is 4.74 Å². The van der Waals surface area contributed by atoms with Crippen LogP contribution in [0.5, 0.6) is 5.75 Å². The van der Waals surface area contributed by atoms with Crippen LogP contribution < -0.4 is 4.74 Å². The number of hydrogen-bond acceptors (Lipinski definition) is 2. The fourth-order valence-electron chi connectivity index (χ4n) is 2.29. The molecule has 0 bridgehead atoms. The summed E-state index contributed by atoms with van der Waals surface area (Å²) in [7, 11) is 0. The standard InChI is InChI=1S/C20H15NO/c1-2-17-12-13-21-14-19(17)18-10-6-7-11-20(18)22-15-16-8-4-3-5-9-16/h1,3-14H,15H2. The monoisotopic (exact) mass is 285 g/mol. The third-order valence-electron chi connectivity index (χ3n) is 3.39. The van der Waals surface area contributed by atoms with Gasteiger partial charge in [-0.1, -0.05) is 54.5 Å². The molecule has 0 aliphatic heterocycles. The van der Waals surface area contributed by atoms with E-state index < -0.39 is 0 Å². The highest BCUT2D eigenvalue weighted by Gasteiger charge is 2.09. The average Bonchev–Trinajstić information content (AvgIpc) is 2.61. The zero-order valence-electron chi connectivity index (χ0n) is 12.1. The molecule has 2 heteroatoms. The van der Waals surface area contributed by atoms with Gasteiger partial charge in [0.25, 0.3) is 0 Å². The van der Waals surface area contributed by atoms with Gasteiger partial charge in [-0.2, -0.15) is 0 Å². The third kappa shape index (κ3) is 2.99. The Kier molecular flexibility index (Phi) is 4.17. The predicted octanol–water partition coefficient (Wildman–Crippen LogP) is 4.31. The van der Waals surface area contributed by atoms with Crippen molar-refractivity contribution in [3.8, 4) is 29.2 Å². The van der Waals surface area contributed by atoms with Crippen LogP contribution in [-0.2, 0) is 6.61 Å². The van der Waals surface area contributed by atoms with Gasteiger partial charge in [0.1, 0.15) is 12.4 Å². The number of pyridine rings is 1.